The summed E-state index contributed by atoms with van der Waals surface area (Å²) < 4.78 is 5.02. The number of rotatable bonds is 4. The highest BCUT2D eigenvalue weighted by atomic mass is 16.5. The van der Waals surface area contributed by atoms with E-state index in [2.05, 4.69) is 10.1 Å². The Hall–Kier alpha value is -1.36. The van der Waals surface area contributed by atoms with E-state index in [0.717, 1.165) is 37.4 Å². The maximum atomic E-state index is 10.9. The number of hydrogen-bond donors (Lipinski definition) is 1. The number of nitrogens with zero attached hydrogens (tertiary/aromatic N) is 2. The number of carboxylic acid groups (broad SMARTS) is 1. The number of carboxylic acids is 1. The highest BCUT2D eigenvalue weighted by molar-refractivity contribution is 5.67. The molecule has 0 aliphatic carbocycles. The largest absolute Gasteiger partial charge is 0.481 e. The lowest BCUT2D eigenvalue weighted by atomic mass is 10.1. The van der Waals surface area contributed by atoms with Crippen molar-refractivity contribution in [3.05, 3.63) is 17.5 Å². The van der Waals surface area contributed by atoms with Crippen molar-refractivity contribution in [1.29, 1.82) is 0 Å². The number of hydrogen-bond acceptors (Lipinski definition) is 4. The molecule has 1 aromatic heterocycles. The van der Waals surface area contributed by atoms with E-state index in [0.29, 0.717) is 0 Å². The van der Waals surface area contributed by atoms with E-state index >= 15 is 0 Å². The summed E-state index contributed by atoms with van der Waals surface area (Å²) in [6.07, 6.45) is 2.35. The molecule has 0 bridgehead atoms. The summed E-state index contributed by atoms with van der Waals surface area (Å²) in [5.41, 5.74) is 0.738. The van der Waals surface area contributed by atoms with Gasteiger partial charge in [-0.05, 0) is 32.9 Å². The lowest BCUT2D eigenvalue weighted by Gasteiger charge is -2.23. The van der Waals surface area contributed by atoms with Crippen molar-refractivity contribution in [3.8, 4) is 0 Å². The standard InChI is InChI=1S/C11H16N2O3/c1-8-6-9(12-16-8)10(7-11(14)15)13-4-2-3-5-13/h6,10H,2-5,7H2,1H3,(H,14,15). The van der Waals surface area contributed by atoms with Crippen molar-refractivity contribution in [1.82, 2.24) is 10.1 Å². The van der Waals surface area contributed by atoms with Crippen LogP contribution >= 0.6 is 0 Å². The Kier molecular flexibility index (Phi) is 3.24. The van der Waals surface area contributed by atoms with Crippen LogP contribution in [0.3, 0.4) is 0 Å². The van der Waals surface area contributed by atoms with E-state index in [-0.39, 0.29) is 12.5 Å². The fourth-order valence-electron chi connectivity index (χ4n) is 2.18. The molecule has 1 atom stereocenters. The predicted molar refractivity (Wildman–Crippen MR) is 57.0 cm³/mol. The monoisotopic (exact) mass is 224 g/mol. The zero-order valence-corrected chi connectivity index (χ0v) is 9.35. The van der Waals surface area contributed by atoms with Crippen LogP contribution in [0.2, 0.25) is 0 Å². The Morgan fingerprint density at radius 3 is 2.81 bits per heavy atom. The van der Waals surface area contributed by atoms with Crippen LogP contribution in [0.5, 0.6) is 0 Å². The van der Waals surface area contributed by atoms with Crippen LogP contribution < -0.4 is 0 Å². The van der Waals surface area contributed by atoms with Gasteiger partial charge >= 0.3 is 5.97 Å². The fourth-order valence-corrected chi connectivity index (χ4v) is 2.18. The van der Waals surface area contributed by atoms with E-state index < -0.39 is 5.97 Å². The molecule has 1 fully saturated rings. The molecule has 2 rings (SSSR count). The molecule has 2 heterocycles. The molecule has 88 valence electrons. The topological polar surface area (TPSA) is 66.6 Å². The number of aryl methyl sites for hydroxylation is 1. The van der Waals surface area contributed by atoms with Gasteiger partial charge in [-0.2, -0.15) is 0 Å². The summed E-state index contributed by atoms with van der Waals surface area (Å²) in [6, 6.07) is 1.68. The second kappa shape index (κ2) is 4.65. The Labute approximate surface area is 94.0 Å². The first-order chi connectivity index (χ1) is 7.66. The molecule has 5 nitrogen and oxygen atoms in total. The first-order valence-electron chi connectivity index (χ1n) is 5.56. The molecule has 1 aromatic rings. The molecule has 0 amide bonds. The van der Waals surface area contributed by atoms with E-state index in [9.17, 15) is 4.79 Å². The Morgan fingerprint density at radius 1 is 1.62 bits per heavy atom. The quantitative estimate of drug-likeness (QED) is 0.841. The van der Waals surface area contributed by atoms with Gasteiger partial charge in [-0.15, -0.1) is 0 Å². The summed E-state index contributed by atoms with van der Waals surface area (Å²) in [6.45, 7) is 3.71. The SMILES string of the molecule is Cc1cc(C(CC(=O)O)N2CCCC2)no1. The molecular formula is C11H16N2O3. The van der Waals surface area contributed by atoms with Crippen molar-refractivity contribution >= 4 is 5.97 Å². The van der Waals surface area contributed by atoms with Gasteiger partial charge in [-0.1, -0.05) is 5.16 Å². The molecule has 0 spiro atoms. The van der Waals surface area contributed by atoms with E-state index in [1.165, 1.54) is 0 Å². The highest BCUT2D eigenvalue weighted by Gasteiger charge is 2.27. The van der Waals surface area contributed by atoms with E-state index in [1.54, 1.807) is 0 Å². The zero-order chi connectivity index (χ0) is 11.5. The number of carbonyl (C=O) groups is 1. The van der Waals surface area contributed by atoms with Crippen molar-refractivity contribution < 1.29 is 14.4 Å². The number of likely N-dealkylation sites (tertiary alicyclic amines) is 1. The first kappa shape index (κ1) is 11.1. The molecule has 1 aliphatic rings. The first-order valence-corrected chi connectivity index (χ1v) is 5.56. The average Bonchev–Trinajstić information content (AvgIpc) is 2.84. The van der Waals surface area contributed by atoms with Gasteiger partial charge < -0.3 is 9.63 Å². The molecular weight excluding hydrogens is 208 g/mol. The third-order valence-corrected chi connectivity index (χ3v) is 2.94. The Balaban J connectivity index is 2.16. The van der Waals surface area contributed by atoms with Gasteiger partial charge in [-0.3, -0.25) is 9.69 Å². The smallest absolute Gasteiger partial charge is 0.305 e. The predicted octanol–water partition coefficient (Wildman–Crippen LogP) is 1.59. The van der Waals surface area contributed by atoms with Crippen molar-refractivity contribution in [2.45, 2.75) is 32.2 Å². The second-order valence-electron chi connectivity index (χ2n) is 4.22. The van der Waals surface area contributed by atoms with E-state index in [1.807, 2.05) is 13.0 Å². The maximum absolute atomic E-state index is 10.9. The lowest BCUT2D eigenvalue weighted by molar-refractivity contribution is -0.138. The summed E-state index contributed by atoms with van der Waals surface area (Å²) in [5, 5.41) is 12.9. The molecule has 1 saturated heterocycles. The molecule has 5 heteroatoms. The Bertz CT molecular complexity index is 369. The Morgan fingerprint density at radius 2 is 2.31 bits per heavy atom. The molecule has 1 unspecified atom stereocenters. The van der Waals surface area contributed by atoms with Crippen LogP contribution in [-0.2, 0) is 4.79 Å². The van der Waals surface area contributed by atoms with Gasteiger partial charge in [0.05, 0.1) is 12.5 Å². The molecule has 1 aliphatic heterocycles. The zero-order valence-electron chi connectivity index (χ0n) is 9.35. The van der Waals surface area contributed by atoms with Crippen molar-refractivity contribution in [2.75, 3.05) is 13.1 Å². The van der Waals surface area contributed by atoms with Gasteiger partial charge in [0, 0.05) is 6.07 Å². The van der Waals surface area contributed by atoms with Crippen LogP contribution in [0.15, 0.2) is 10.6 Å². The highest BCUT2D eigenvalue weighted by Crippen LogP contribution is 2.27. The van der Waals surface area contributed by atoms with E-state index in [4.69, 9.17) is 9.63 Å². The molecule has 0 radical (unpaired) electrons. The van der Waals surface area contributed by atoms with Gasteiger partial charge in [0.2, 0.25) is 0 Å². The van der Waals surface area contributed by atoms with Gasteiger partial charge in [0.1, 0.15) is 11.5 Å². The minimum absolute atomic E-state index is 0.0893. The minimum Gasteiger partial charge on any atom is -0.481 e. The summed E-state index contributed by atoms with van der Waals surface area (Å²) in [5.74, 6) is -0.0675. The van der Waals surface area contributed by atoms with Crippen LogP contribution in [0.1, 0.15) is 36.8 Å². The van der Waals surface area contributed by atoms with Crippen molar-refractivity contribution in [2.24, 2.45) is 0 Å². The number of aliphatic carboxylic acids is 1. The van der Waals surface area contributed by atoms with Crippen LogP contribution in [0, 0.1) is 6.92 Å². The minimum atomic E-state index is -0.794. The molecule has 1 N–H and O–H groups in total. The molecule has 0 aromatic carbocycles. The van der Waals surface area contributed by atoms with Crippen LogP contribution in [-0.4, -0.2) is 34.2 Å². The van der Waals surface area contributed by atoms with Crippen LogP contribution in [0.4, 0.5) is 0 Å². The maximum Gasteiger partial charge on any atom is 0.305 e. The summed E-state index contributed by atoms with van der Waals surface area (Å²) in [4.78, 5) is 13.0. The third-order valence-electron chi connectivity index (χ3n) is 2.94. The van der Waals surface area contributed by atoms with Gasteiger partial charge in [0.15, 0.2) is 0 Å². The molecule has 0 saturated carbocycles. The fraction of sp³-hybridized carbons (Fsp3) is 0.636. The summed E-state index contributed by atoms with van der Waals surface area (Å²) >= 11 is 0. The van der Waals surface area contributed by atoms with Crippen LogP contribution in [0.25, 0.3) is 0 Å². The van der Waals surface area contributed by atoms with Crippen molar-refractivity contribution in [3.63, 3.8) is 0 Å². The lowest BCUT2D eigenvalue weighted by Crippen LogP contribution is -2.27. The van der Waals surface area contributed by atoms with Gasteiger partial charge in [0.25, 0.3) is 0 Å². The summed E-state index contributed by atoms with van der Waals surface area (Å²) in [7, 11) is 0. The van der Waals surface area contributed by atoms with Gasteiger partial charge in [-0.25, -0.2) is 0 Å². The second-order valence-corrected chi connectivity index (χ2v) is 4.22. The molecule has 16 heavy (non-hydrogen) atoms. The normalized spacial score (nSPS) is 18.8. The average molecular weight is 224 g/mol. The third kappa shape index (κ3) is 2.41. The number of aromatic nitrogens is 1.